The first-order valence-corrected chi connectivity index (χ1v) is 10.0. The second kappa shape index (κ2) is 7.21. The smallest absolute Gasteiger partial charge is 0.226 e. The molecule has 0 fully saturated rings. The first-order chi connectivity index (χ1) is 13.0. The molecule has 2 aromatic carbocycles. The van der Waals surface area contributed by atoms with Crippen molar-refractivity contribution in [1.82, 2.24) is 0 Å². The number of benzene rings is 2. The molecule has 4 rings (SSSR count). The van der Waals surface area contributed by atoms with Gasteiger partial charge in [-0.15, -0.1) is 0 Å². The molecule has 3 nitrogen and oxygen atoms in total. The third kappa shape index (κ3) is 3.35. The molecule has 0 radical (unpaired) electrons. The van der Waals surface area contributed by atoms with Crippen LogP contribution in [0.5, 0.6) is 0 Å². The van der Waals surface area contributed by atoms with Gasteiger partial charge in [0, 0.05) is 38.8 Å². The number of halogens is 2. The van der Waals surface area contributed by atoms with Gasteiger partial charge in [-0.3, -0.25) is 4.79 Å². The Hall–Kier alpha value is -1.97. The molecule has 2 aromatic rings. The van der Waals surface area contributed by atoms with E-state index in [-0.39, 0.29) is 23.8 Å². The van der Waals surface area contributed by atoms with Crippen molar-refractivity contribution in [2.75, 3.05) is 10.6 Å². The van der Waals surface area contributed by atoms with E-state index in [9.17, 15) is 4.79 Å². The van der Waals surface area contributed by atoms with Gasteiger partial charge in [0.2, 0.25) is 5.91 Å². The fourth-order valence-corrected chi connectivity index (χ4v) is 4.68. The summed E-state index contributed by atoms with van der Waals surface area (Å²) < 4.78 is 0. The van der Waals surface area contributed by atoms with Gasteiger partial charge in [0.05, 0.1) is 6.04 Å². The van der Waals surface area contributed by atoms with E-state index in [1.54, 1.807) is 0 Å². The Balaban J connectivity index is 1.71. The lowest BCUT2D eigenvalue weighted by Crippen LogP contribution is -2.29. The summed E-state index contributed by atoms with van der Waals surface area (Å²) in [6.45, 7) is 3.78. The number of carbonyl (C=O) groups is 1. The summed E-state index contributed by atoms with van der Waals surface area (Å²) >= 11 is 13.0. The molecule has 2 aliphatic rings. The molecular formula is C22H22Cl2N2O. The quantitative estimate of drug-likeness (QED) is 0.583. The Morgan fingerprint density at radius 2 is 1.93 bits per heavy atom. The summed E-state index contributed by atoms with van der Waals surface area (Å²) in [5.74, 6) is 0.587. The SMILES string of the molecule is CC(C)C(=O)Nc1ccc2c(c1)C1C=CCC1C(c1c(Cl)cccc1Cl)N2. The highest BCUT2D eigenvalue weighted by molar-refractivity contribution is 6.36. The summed E-state index contributed by atoms with van der Waals surface area (Å²) in [6, 6.07) is 11.8. The molecule has 0 saturated heterocycles. The first-order valence-electron chi connectivity index (χ1n) is 9.27. The van der Waals surface area contributed by atoms with Crippen LogP contribution in [0, 0.1) is 11.8 Å². The summed E-state index contributed by atoms with van der Waals surface area (Å²) in [5.41, 5.74) is 4.06. The van der Waals surface area contributed by atoms with Crippen LogP contribution >= 0.6 is 23.2 Å². The summed E-state index contributed by atoms with van der Waals surface area (Å²) in [5, 5.41) is 8.03. The predicted octanol–water partition coefficient (Wildman–Crippen LogP) is 6.41. The number of anilines is 2. The molecule has 27 heavy (non-hydrogen) atoms. The average molecular weight is 401 g/mol. The van der Waals surface area contributed by atoms with Gasteiger partial charge in [0.15, 0.2) is 0 Å². The second-order valence-corrected chi connectivity index (χ2v) is 8.37. The molecule has 0 aromatic heterocycles. The maximum Gasteiger partial charge on any atom is 0.226 e. The molecule has 1 aliphatic carbocycles. The number of hydrogen-bond donors (Lipinski definition) is 2. The fourth-order valence-electron chi connectivity index (χ4n) is 4.05. The van der Waals surface area contributed by atoms with Crippen molar-refractivity contribution in [1.29, 1.82) is 0 Å². The lowest BCUT2D eigenvalue weighted by atomic mass is 9.77. The normalized spacial score (nSPS) is 22.9. The molecule has 3 unspecified atom stereocenters. The monoisotopic (exact) mass is 400 g/mol. The van der Waals surface area contributed by atoms with Crippen molar-refractivity contribution < 1.29 is 4.79 Å². The standard InChI is InChI=1S/C22H22Cl2N2O/c1-12(2)22(27)25-13-9-10-19-16(11-13)14-5-3-6-15(14)21(26-19)20-17(23)7-4-8-18(20)24/h3-5,7-12,14-15,21,26H,6H2,1-2H3,(H,25,27). The zero-order valence-corrected chi connectivity index (χ0v) is 16.8. The van der Waals surface area contributed by atoms with Gasteiger partial charge < -0.3 is 10.6 Å². The number of fused-ring (bicyclic) bond motifs is 3. The summed E-state index contributed by atoms with van der Waals surface area (Å²) in [4.78, 5) is 12.1. The van der Waals surface area contributed by atoms with Gasteiger partial charge in [-0.25, -0.2) is 0 Å². The van der Waals surface area contributed by atoms with Crippen LogP contribution in [-0.4, -0.2) is 5.91 Å². The van der Waals surface area contributed by atoms with E-state index in [0.717, 1.165) is 23.4 Å². The van der Waals surface area contributed by atoms with E-state index < -0.39 is 0 Å². The number of rotatable bonds is 3. The van der Waals surface area contributed by atoms with Gasteiger partial charge in [0.1, 0.15) is 0 Å². The van der Waals surface area contributed by atoms with Crippen LogP contribution in [0.25, 0.3) is 0 Å². The highest BCUT2D eigenvalue weighted by Gasteiger charge is 2.39. The maximum absolute atomic E-state index is 12.1. The van der Waals surface area contributed by atoms with Gasteiger partial charge in [0.25, 0.3) is 0 Å². The fraction of sp³-hybridized carbons (Fsp3) is 0.318. The Morgan fingerprint density at radius 3 is 2.63 bits per heavy atom. The van der Waals surface area contributed by atoms with E-state index >= 15 is 0 Å². The number of nitrogens with one attached hydrogen (secondary N) is 2. The van der Waals surface area contributed by atoms with Crippen molar-refractivity contribution in [2.45, 2.75) is 32.2 Å². The van der Waals surface area contributed by atoms with E-state index in [2.05, 4.69) is 28.9 Å². The Labute approximate surface area is 169 Å². The van der Waals surface area contributed by atoms with Crippen LogP contribution in [0.4, 0.5) is 11.4 Å². The van der Waals surface area contributed by atoms with Crippen molar-refractivity contribution in [3.8, 4) is 0 Å². The predicted molar refractivity (Wildman–Crippen MR) is 113 cm³/mol. The molecule has 3 atom stereocenters. The van der Waals surface area contributed by atoms with E-state index in [4.69, 9.17) is 23.2 Å². The zero-order valence-electron chi connectivity index (χ0n) is 15.3. The third-order valence-corrected chi connectivity index (χ3v) is 6.12. The van der Waals surface area contributed by atoms with Crippen LogP contribution in [-0.2, 0) is 4.79 Å². The minimum absolute atomic E-state index is 0.0259. The van der Waals surface area contributed by atoms with Crippen LogP contribution in [0.2, 0.25) is 10.0 Å². The highest BCUT2D eigenvalue weighted by atomic mass is 35.5. The molecule has 140 valence electrons. The zero-order chi connectivity index (χ0) is 19.1. The molecule has 0 saturated carbocycles. The van der Waals surface area contributed by atoms with E-state index in [1.807, 2.05) is 44.2 Å². The largest absolute Gasteiger partial charge is 0.378 e. The number of hydrogen-bond acceptors (Lipinski definition) is 2. The van der Waals surface area contributed by atoms with E-state index in [1.165, 1.54) is 5.56 Å². The second-order valence-electron chi connectivity index (χ2n) is 7.56. The van der Waals surface area contributed by atoms with Gasteiger partial charge in [-0.2, -0.15) is 0 Å². The Bertz CT molecular complexity index is 902. The van der Waals surface area contributed by atoms with Gasteiger partial charge >= 0.3 is 0 Å². The van der Waals surface area contributed by atoms with Crippen LogP contribution < -0.4 is 10.6 Å². The lowest BCUT2D eigenvalue weighted by molar-refractivity contribution is -0.118. The number of allylic oxidation sites excluding steroid dienone is 2. The minimum atomic E-state index is -0.0509. The Morgan fingerprint density at radius 1 is 1.19 bits per heavy atom. The molecule has 1 heterocycles. The minimum Gasteiger partial charge on any atom is -0.378 e. The molecule has 2 N–H and O–H groups in total. The van der Waals surface area contributed by atoms with Crippen LogP contribution in [0.1, 0.15) is 43.4 Å². The van der Waals surface area contributed by atoms with Crippen molar-refractivity contribution in [2.24, 2.45) is 11.8 Å². The first kappa shape index (κ1) is 18.4. The van der Waals surface area contributed by atoms with Crippen molar-refractivity contribution >= 4 is 40.5 Å². The molecule has 1 aliphatic heterocycles. The van der Waals surface area contributed by atoms with Crippen molar-refractivity contribution in [3.63, 3.8) is 0 Å². The number of carbonyl (C=O) groups excluding carboxylic acids is 1. The van der Waals surface area contributed by atoms with E-state index in [0.29, 0.717) is 16.0 Å². The Kier molecular flexibility index (Phi) is 4.92. The lowest BCUT2D eigenvalue weighted by Gasteiger charge is -2.38. The van der Waals surface area contributed by atoms with Crippen LogP contribution in [0.15, 0.2) is 48.6 Å². The van der Waals surface area contributed by atoms with Crippen LogP contribution in [0.3, 0.4) is 0 Å². The molecule has 1 amide bonds. The average Bonchev–Trinajstić information content (AvgIpc) is 3.12. The topological polar surface area (TPSA) is 41.1 Å². The molecule has 5 heteroatoms. The van der Waals surface area contributed by atoms with Gasteiger partial charge in [-0.1, -0.05) is 55.3 Å². The molecule has 0 bridgehead atoms. The summed E-state index contributed by atoms with van der Waals surface area (Å²) in [6.07, 6.45) is 5.45. The summed E-state index contributed by atoms with van der Waals surface area (Å²) in [7, 11) is 0. The third-order valence-electron chi connectivity index (χ3n) is 5.47. The molecule has 0 spiro atoms. The maximum atomic E-state index is 12.1. The van der Waals surface area contributed by atoms with Gasteiger partial charge in [-0.05, 0) is 48.2 Å². The highest BCUT2D eigenvalue weighted by Crippen LogP contribution is 2.52. The van der Waals surface area contributed by atoms with Crippen molar-refractivity contribution in [3.05, 3.63) is 69.7 Å². The molecular weight excluding hydrogens is 379 g/mol. The number of amides is 1.